The Bertz CT molecular complexity index is 421. The quantitative estimate of drug-likeness (QED) is 0.834. The number of nitrogens with one attached hydrogen (secondary N) is 1. The van der Waals surface area contributed by atoms with Crippen molar-refractivity contribution in [3.63, 3.8) is 0 Å². The van der Waals surface area contributed by atoms with E-state index in [0.29, 0.717) is 6.54 Å². The Morgan fingerprint density at radius 2 is 2.44 bits per heavy atom. The molecule has 2 aromatic rings. The third-order valence-corrected chi connectivity index (χ3v) is 2.53. The summed E-state index contributed by atoms with van der Waals surface area (Å²) in [6.45, 7) is 5.64. The number of nitrogens with zero attached hydrogens (tertiary/aromatic N) is 3. The maximum atomic E-state index is 5.32. The van der Waals surface area contributed by atoms with E-state index in [9.17, 15) is 0 Å². The molecular weight excluding hydrogens is 204 g/mol. The second-order valence-electron chi connectivity index (χ2n) is 3.61. The van der Waals surface area contributed by atoms with Crippen molar-refractivity contribution in [2.75, 3.05) is 0 Å². The summed E-state index contributed by atoms with van der Waals surface area (Å²) in [5.74, 6) is 1.88. The lowest BCUT2D eigenvalue weighted by atomic mass is 10.2. The number of hydrogen-bond acceptors (Lipinski definition) is 4. The molecular formula is C11H16N4O. The van der Waals surface area contributed by atoms with Gasteiger partial charge in [0.2, 0.25) is 0 Å². The highest BCUT2D eigenvalue weighted by molar-refractivity contribution is 5.03. The van der Waals surface area contributed by atoms with Crippen LogP contribution in [0.1, 0.15) is 31.5 Å². The van der Waals surface area contributed by atoms with E-state index in [1.54, 1.807) is 12.6 Å². The van der Waals surface area contributed by atoms with Crippen molar-refractivity contribution in [3.05, 3.63) is 36.3 Å². The highest BCUT2D eigenvalue weighted by Gasteiger charge is 2.09. The molecule has 0 aliphatic carbocycles. The Balaban J connectivity index is 1.92. The van der Waals surface area contributed by atoms with Gasteiger partial charge in [0.15, 0.2) is 0 Å². The highest BCUT2D eigenvalue weighted by atomic mass is 16.3. The number of aryl methyl sites for hydroxylation is 1. The third kappa shape index (κ3) is 2.30. The minimum atomic E-state index is 0.178. The molecule has 2 rings (SSSR count). The van der Waals surface area contributed by atoms with E-state index in [1.807, 2.05) is 23.7 Å². The van der Waals surface area contributed by atoms with Crippen LogP contribution in [0.2, 0.25) is 0 Å². The molecule has 0 spiro atoms. The summed E-state index contributed by atoms with van der Waals surface area (Å²) in [6, 6.07) is 4.03. The first-order valence-electron chi connectivity index (χ1n) is 5.44. The first-order valence-corrected chi connectivity index (χ1v) is 5.44. The van der Waals surface area contributed by atoms with Crippen LogP contribution < -0.4 is 5.32 Å². The van der Waals surface area contributed by atoms with Crippen molar-refractivity contribution in [2.45, 2.75) is 33.0 Å². The van der Waals surface area contributed by atoms with E-state index < -0.39 is 0 Å². The molecule has 1 N–H and O–H groups in total. The molecule has 86 valence electrons. The molecule has 16 heavy (non-hydrogen) atoms. The average Bonchev–Trinajstić information content (AvgIpc) is 2.96. The lowest BCUT2D eigenvalue weighted by Crippen LogP contribution is -2.20. The van der Waals surface area contributed by atoms with Crippen LogP contribution in [0, 0.1) is 0 Å². The zero-order valence-corrected chi connectivity index (χ0v) is 9.55. The van der Waals surface area contributed by atoms with Crippen LogP contribution in [0.3, 0.4) is 0 Å². The zero-order valence-electron chi connectivity index (χ0n) is 9.55. The molecule has 0 amide bonds. The van der Waals surface area contributed by atoms with Gasteiger partial charge in [0.25, 0.3) is 0 Å². The van der Waals surface area contributed by atoms with Crippen LogP contribution in [0.15, 0.2) is 29.1 Å². The summed E-state index contributed by atoms with van der Waals surface area (Å²) < 4.78 is 7.19. The zero-order chi connectivity index (χ0) is 11.4. The van der Waals surface area contributed by atoms with Gasteiger partial charge in [0.05, 0.1) is 18.8 Å². The fourth-order valence-corrected chi connectivity index (χ4v) is 1.57. The van der Waals surface area contributed by atoms with Gasteiger partial charge in [-0.3, -0.25) is 0 Å². The van der Waals surface area contributed by atoms with Crippen LogP contribution in [-0.4, -0.2) is 14.8 Å². The molecule has 0 radical (unpaired) electrons. The first kappa shape index (κ1) is 10.9. The van der Waals surface area contributed by atoms with Crippen molar-refractivity contribution in [1.29, 1.82) is 0 Å². The maximum Gasteiger partial charge on any atom is 0.140 e. The molecule has 2 aromatic heterocycles. The second kappa shape index (κ2) is 4.94. The van der Waals surface area contributed by atoms with E-state index in [2.05, 4.69) is 22.3 Å². The molecule has 2 heterocycles. The van der Waals surface area contributed by atoms with Crippen molar-refractivity contribution in [2.24, 2.45) is 0 Å². The molecule has 0 saturated heterocycles. The fourth-order valence-electron chi connectivity index (χ4n) is 1.57. The van der Waals surface area contributed by atoms with Crippen molar-refractivity contribution in [1.82, 2.24) is 20.1 Å². The van der Waals surface area contributed by atoms with Crippen LogP contribution in [0.25, 0.3) is 0 Å². The summed E-state index contributed by atoms with van der Waals surface area (Å²) in [6.07, 6.45) is 3.26. The Hall–Kier alpha value is -1.62. The van der Waals surface area contributed by atoms with E-state index in [4.69, 9.17) is 4.42 Å². The average molecular weight is 220 g/mol. The summed E-state index contributed by atoms with van der Waals surface area (Å²) >= 11 is 0. The molecule has 0 unspecified atom stereocenters. The predicted octanol–water partition coefficient (Wildman–Crippen LogP) is 1.74. The van der Waals surface area contributed by atoms with Crippen LogP contribution in [0.5, 0.6) is 0 Å². The Kier molecular flexibility index (Phi) is 3.36. The van der Waals surface area contributed by atoms with Crippen LogP contribution in [0.4, 0.5) is 0 Å². The maximum absolute atomic E-state index is 5.32. The summed E-state index contributed by atoms with van der Waals surface area (Å²) in [5, 5.41) is 7.46. The Labute approximate surface area is 94.5 Å². The van der Waals surface area contributed by atoms with Gasteiger partial charge in [-0.25, -0.2) is 9.67 Å². The molecule has 0 aliphatic heterocycles. The SMILES string of the molecule is CCn1ncnc1CN[C@H](C)c1ccco1. The molecule has 5 heteroatoms. The van der Waals surface area contributed by atoms with E-state index in [1.165, 1.54) is 0 Å². The third-order valence-electron chi connectivity index (χ3n) is 2.53. The largest absolute Gasteiger partial charge is 0.468 e. The molecule has 0 aromatic carbocycles. The predicted molar refractivity (Wildman–Crippen MR) is 59.7 cm³/mol. The summed E-state index contributed by atoms with van der Waals surface area (Å²) in [7, 11) is 0. The van der Waals surface area contributed by atoms with E-state index in [-0.39, 0.29) is 6.04 Å². The smallest absolute Gasteiger partial charge is 0.140 e. The Morgan fingerprint density at radius 3 is 3.12 bits per heavy atom. The minimum absolute atomic E-state index is 0.178. The molecule has 1 atom stereocenters. The fraction of sp³-hybridized carbons (Fsp3) is 0.455. The monoisotopic (exact) mass is 220 g/mol. The molecule has 0 aliphatic rings. The molecule has 0 bridgehead atoms. The minimum Gasteiger partial charge on any atom is -0.468 e. The highest BCUT2D eigenvalue weighted by Crippen LogP contribution is 2.12. The van der Waals surface area contributed by atoms with Crippen molar-refractivity contribution < 1.29 is 4.42 Å². The topological polar surface area (TPSA) is 55.9 Å². The van der Waals surface area contributed by atoms with Gasteiger partial charge in [-0.2, -0.15) is 5.10 Å². The molecule has 0 fully saturated rings. The normalized spacial score (nSPS) is 12.9. The number of furan rings is 1. The lowest BCUT2D eigenvalue weighted by Gasteiger charge is -2.10. The van der Waals surface area contributed by atoms with Gasteiger partial charge in [0, 0.05) is 6.54 Å². The van der Waals surface area contributed by atoms with Gasteiger partial charge >= 0.3 is 0 Å². The van der Waals surface area contributed by atoms with E-state index >= 15 is 0 Å². The van der Waals surface area contributed by atoms with Gasteiger partial charge in [-0.1, -0.05) is 0 Å². The standard InChI is InChI=1S/C11H16N4O/c1-3-15-11(13-8-14-15)7-12-9(2)10-5-4-6-16-10/h4-6,8-9,12H,3,7H2,1-2H3/t9-/m1/s1. The summed E-state index contributed by atoms with van der Waals surface area (Å²) in [5.41, 5.74) is 0. The number of aromatic nitrogens is 3. The van der Waals surface area contributed by atoms with Crippen molar-refractivity contribution >= 4 is 0 Å². The van der Waals surface area contributed by atoms with Crippen LogP contribution in [-0.2, 0) is 13.1 Å². The van der Waals surface area contributed by atoms with Crippen molar-refractivity contribution in [3.8, 4) is 0 Å². The number of rotatable bonds is 5. The number of hydrogen-bond donors (Lipinski definition) is 1. The molecule has 5 nitrogen and oxygen atoms in total. The van der Waals surface area contributed by atoms with E-state index in [0.717, 1.165) is 18.1 Å². The van der Waals surface area contributed by atoms with Gasteiger partial charge in [0.1, 0.15) is 17.9 Å². The van der Waals surface area contributed by atoms with Gasteiger partial charge in [-0.15, -0.1) is 0 Å². The molecule has 0 saturated carbocycles. The second-order valence-corrected chi connectivity index (χ2v) is 3.61. The van der Waals surface area contributed by atoms with Gasteiger partial charge < -0.3 is 9.73 Å². The van der Waals surface area contributed by atoms with Gasteiger partial charge in [-0.05, 0) is 26.0 Å². The first-order chi connectivity index (χ1) is 7.81. The summed E-state index contributed by atoms with van der Waals surface area (Å²) in [4.78, 5) is 4.20. The Morgan fingerprint density at radius 1 is 1.56 bits per heavy atom. The lowest BCUT2D eigenvalue weighted by molar-refractivity contribution is 0.422. The van der Waals surface area contributed by atoms with Crippen LogP contribution >= 0.6 is 0 Å².